The van der Waals surface area contributed by atoms with E-state index in [2.05, 4.69) is 20.7 Å². The molecule has 0 fully saturated rings. The lowest BCUT2D eigenvalue weighted by Crippen LogP contribution is -2.20. The second-order valence-corrected chi connectivity index (χ2v) is 6.70. The molecule has 0 spiro atoms. The average Bonchev–Trinajstić information content (AvgIpc) is 3.22. The Bertz CT molecular complexity index is 1130. The van der Waals surface area contributed by atoms with Crippen molar-refractivity contribution in [3.63, 3.8) is 0 Å². The van der Waals surface area contributed by atoms with Gasteiger partial charge in [-0.25, -0.2) is 0 Å². The Morgan fingerprint density at radius 1 is 1.19 bits per heavy atom. The molecule has 2 heterocycles. The molecule has 0 aliphatic rings. The van der Waals surface area contributed by atoms with E-state index < -0.39 is 0 Å². The van der Waals surface area contributed by atoms with Gasteiger partial charge < -0.3 is 9.73 Å². The summed E-state index contributed by atoms with van der Waals surface area (Å²) in [6, 6.07) is 13.1. The number of benzene rings is 2. The first kappa shape index (κ1) is 17.2. The maximum absolute atomic E-state index is 12.3. The number of aryl methyl sites for hydroxylation is 2. The van der Waals surface area contributed by atoms with Crippen molar-refractivity contribution in [1.29, 1.82) is 0 Å². The minimum Gasteiger partial charge on any atom is -0.460 e. The number of fused-ring (bicyclic) bond motifs is 1. The van der Waals surface area contributed by atoms with Crippen molar-refractivity contribution < 1.29 is 9.21 Å². The van der Waals surface area contributed by atoms with Crippen molar-refractivity contribution in [3.05, 3.63) is 58.8 Å². The number of tetrazole rings is 1. The zero-order chi connectivity index (χ0) is 19.0. The van der Waals surface area contributed by atoms with Gasteiger partial charge in [0.1, 0.15) is 12.3 Å². The Balaban J connectivity index is 1.47. The predicted molar refractivity (Wildman–Crippen MR) is 103 cm³/mol. The van der Waals surface area contributed by atoms with Crippen LogP contribution >= 0.6 is 11.6 Å². The minimum atomic E-state index is -0.279. The first-order valence-corrected chi connectivity index (χ1v) is 8.70. The van der Waals surface area contributed by atoms with E-state index in [0.717, 1.165) is 22.3 Å². The Morgan fingerprint density at radius 2 is 1.96 bits per heavy atom. The van der Waals surface area contributed by atoms with Gasteiger partial charge in [0.15, 0.2) is 5.58 Å². The fraction of sp³-hybridized carbons (Fsp3) is 0.158. The number of anilines is 1. The number of hydrogen-bond donors (Lipinski definition) is 1. The molecular formula is C19H16ClN5O2. The molecule has 0 saturated carbocycles. The van der Waals surface area contributed by atoms with Crippen LogP contribution in [0.25, 0.3) is 22.4 Å². The van der Waals surface area contributed by atoms with Crippen LogP contribution in [0, 0.1) is 13.8 Å². The fourth-order valence-corrected chi connectivity index (χ4v) is 3.03. The maximum atomic E-state index is 12.3. The summed E-state index contributed by atoms with van der Waals surface area (Å²) >= 11 is 6.22. The predicted octanol–water partition coefficient (Wildman–Crippen LogP) is 4.00. The van der Waals surface area contributed by atoms with Crippen LogP contribution in [0.2, 0.25) is 5.02 Å². The summed E-state index contributed by atoms with van der Waals surface area (Å²) in [4.78, 5) is 13.6. The molecule has 0 aliphatic heterocycles. The van der Waals surface area contributed by atoms with Crippen LogP contribution in [-0.4, -0.2) is 26.1 Å². The van der Waals surface area contributed by atoms with E-state index in [1.165, 1.54) is 4.80 Å². The molecule has 7 nitrogen and oxygen atoms in total. The van der Waals surface area contributed by atoms with Gasteiger partial charge in [0.25, 0.3) is 0 Å². The summed E-state index contributed by atoms with van der Waals surface area (Å²) in [5.74, 6) is 0.949. The maximum Gasteiger partial charge on any atom is 0.248 e. The number of amides is 1. The molecule has 0 radical (unpaired) electrons. The number of nitrogens with one attached hydrogen (secondary N) is 1. The van der Waals surface area contributed by atoms with E-state index in [-0.39, 0.29) is 12.5 Å². The van der Waals surface area contributed by atoms with E-state index in [0.29, 0.717) is 22.1 Å². The molecule has 2 aromatic heterocycles. The second-order valence-electron chi connectivity index (χ2n) is 6.29. The summed E-state index contributed by atoms with van der Waals surface area (Å²) in [6.45, 7) is 3.79. The van der Waals surface area contributed by atoms with Crippen LogP contribution in [0.5, 0.6) is 0 Å². The fourth-order valence-electron chi connectivity index (χ4n) is 2.77. The number of furan rings is 1. The summed E-state index contributed by atoms with van der Waals surface area (Å²) in [6.07, 6.45) is 0. The van der Waals surface area contributed by atoms with E-state index in [4.69, 9.17) is 16.0 Å². The topological polar surface area (TPSA) is 85.8 Å². The molecule has 0 aliphatic carbocycles. The van der Waals surface area contributed by atoms with E-state index >= 15 is 0 Å². The molecule has 1 amide bonds. The van der Waals surface area contributed by atoms with Crippen molar-refractivity contribution >= 4 is 34.2 Å². The van der Waals surface area contributed by atoms with Gasteiger partial charge in [-0.15, -0.1) is 10.2 Å². The van der Waals surface area contributed by atoms with Gasteiger partial charge in [-0.2, -0.15) is 4.80 Å². The molecule has 4 rings (SSSR count). The highest BCUT2D eigenvalue weighted by Gasteiger charge is 2.12. The molecule has 0 unspecified atom stereocenters. The number of halogens is 1. The number of carbonyl (C=O) groups excluding carboxylic acids is 1. The van der Waals surface area contributed by atoms with Crippen LogP contribution in [-0.2, 0) is 11.3 Å². The number of carbonyl (C=O) groups is 1. The SMILES string of the molecule is Cc1ccc(-c2nnn(CC(=O)Nc3cc(Cl)c4oc(C)cc4c3)n2)cc1. The highest BCUT2D eigenvalue weighted by molar-refractivity contribution is 6.35. The standard InChI is InChI=1S/C19H16ClN5O2/c1-11-3-5-13(6-4-11)19-22-24-25(23-19)10-17(26)21-15-8-14-7-12(2)27-18(14)16(20)9-15/h3-9H,10H2,1-2H3,(H,21,26). The van der Waals surface area contributed by atoms with Crippen molar-refractivity contribution in [1.82, 2.24) is 20.2 Å². The molecule has 136 valence electrons. The van der Waals surface area contributed by atoms with Crippen LogP contribution in [0.15, 0.2) is 46.9 Å². The lowest BCUT2D eigenvalue weighted by molar-refractivity contribution is -0.117. The number of nitrogens with zero attached hydrogens (tertiary/aromatic N) is 4. The molecular weight excluding hydrogens is 366 g/mol. The van der Waals surface area contributed by atoms with Gasteiger partial charge in [0.05, 0.1) is 5.02 Å². The van der Waals surface area contributed by atoms with Crippen LogP contribution in [0.1, 0.15) is 11.3 Å². The first-order valence-electron chi connectivity index (χ1n) is 8.32. The van der Waals surface area contributed by atoms with E-state index in [1.54, 1.807) is 6.07 Å². The third-order valence-corrected chi connectivity index (χ3v) is 4.31. The van der Waals surface area contributed by atoms with Crippen LogP contribution < -0.4 is 5.32 Å². The lowest BCUT2D eigenvalue weighted by atomic mass is 10.1. The van der Waals surface area contributed by atoms with Crippen LogP contribution in [0.3, 0.4) is 0 Å². The Kier molecular flexibility index (Phi) is 4.37. The quantitative estimate of drug-likeness (QED) is 0.577. The van der Waals surface area contributed by atoms with E-state index in [1.807, 2.05) is 50.2 Å². The molecule has 8 heteroatoms. The highest BCUT2D eigenvalue weighted by atomic mass is 35.5. The van der Waals surface area contributed by atoms with Gasteiger partial charge in [0.2, 0.25) is 11.7 Å². The molecule has 4 aromatic rings. The van der Waals surface area contributed by atoms with Gasteiger partial charge in [-0.1, -0.05) is 41.4 Å². The van der Waals surface area contributed by atoms with E-state index in [9.17, 15) is 4.79 Å². The normalized spacial score (nSPS) is 11.1. The number of aromatic nitrogens is 4. The van der Waals surface area contributed by atoms with Gasteiger partial charge >= 0.3 is 0 Å². The van der Waals surface area contributed by atoms with Gasteiger partial charge in [-0.3, -0.25) is 4.79 Å². The minimum absolute atomic E-state index is 0.0566. The lowest BCUT2D eigenvalue weighted by Gasteiger charge is -2.05. The third-order valence-electron chi connectivity index (χ3n) is 4.03. The smallest absolute Gasteiger partial charge is 0.248 e. The molecule has 0 atom stereocenters. The van der Waals surface area contributed by atoms with Crippen molar-refractivity contribution in [2.45, 2.75) is 20.4 Å². The number of hydrogen-bond acceptors (Lipinski definition) is 5. The Labute approximate surface area is 159 Å². The van der Waals surface area contributed by atoms with Crippen molar-refractivity contribution in [3.8, 4) is 11.4 Å². The molecule has 2 aromatic carbocycles. The molecule has 0 saturated heterocycles. The molecule has 1 N–H and O–H groups in total. The van der Waals surface area contributed by atoms with Crippen molar-refractivity contribution in [2.24, 2.45) is 0 Å². The summed E-state index contributed by atoms with van der Waals surface area (Å²) in [5, 5.41) is 16.3. The Hall–Kier alpha value is -3.19. The monoisotopic (exact) mass is 381 g/mol. The Morgan fingerprint density at radius 3 is 2.74 bits per heavy atom. The van der Waals surface area contributed by atoms with Gasteiger partial charge in [0, 0.05) is 16.6 Å². The molecule has 27 heavy (non-hydrogen) atoms. The molecule has 0 bridgehead atoms. The zero-order valence-corrected chi connectivity index (χ0v) is 15.5. The van der Waals surface area contributed by atoms with Crippen LogP contribution in [0.4, 0.5) is 5.69 Å². The average molecular weight is 382 g/mol. The zero-order valence-electron chi connectivity index (χ0n) is 14.7. The summed E-state index contributed by atoms with van der Waals surface area (Å²) < 4.78 is 5.53. The summed E-state index contributed by atoms with van der Waals surface area (Å²) in [7, 11) is 0. The van der Waals surface area contributed by atoms with Crippen molar-refractivity contribution in [2.75, 3.05) is 5.32 Å². The first-order chi connectivity index (χ1) is 13.0. The summed E-state index contributed by atoms with van der Waals surface area (Å²) in [5.41, 5.74) is 3.18. The number of rotatable bonds is 4. The largest absolute Gasteiger partial charge is 0.460 e. The third kappa shape index (κ3) is 3.68. The second kappa shape index (κ2) is 6.85. The highest BCUT2D eigenvalue weighted by Crippen LogP contribution is 2.30. The van der Waals surface area contributed by atoms with Gasteiger partial charge in [-0.05, 0) is 37.3 Å².